The van der Waals surface area contributed by atoms with Gasteiger partial charge in [-0.2, -0.15) is 0 Å². The van der Waals surface area contributed by atoms with E-state index in [1.165, 1.54) is 17.5 Å². The number of nitrogens with one attached hydrogen (secondary N) is 1. The van der Waals surface area contributed by atoms with Gasteiger partial charge in [0.15, 0.2) is 0 Å². The van der Waals surface area contributed by atoms with E-state index in [-0.39, 0.29) is 5.91 Å². The van der Waals surface area contributed by atoms with Gasteiger partial charge < -0.3 is 10.2 Å². The van der Waals surface area contributed by atoms with Crippen molar-refractivity contribution in [3.8, 4) is 0 Å². The summed E-state index contributed by atoms with van der Waals surface area (Å²) in [5, 5.41) is 2.90. The summed E-state index contributed by atoms with van der Waals surface area (Å²) >= 11 is 0. The van der Waals surface area contributed by atoms with Crippen LogP contribution in [0.25, 0.3) is 0 Å². The van der Waals surface area contributed by atoms with Crippen molar-refractivity contribution >= 4 is 11.7 Å². The highest BCUT2D eigenvalue weighted by Gasteiger charge is 2.18. The summed E-state index contributed by atoms with van der Waals surface area (Å²) in [7, 11) is 0. The quantitative estimate of drug-likeness (QED) is 0.942. The van der Waals surface area contributed by atoms with Crippen LogP contribution >= 0.6 is 0 Å². The van der Waals surface area contributed by atoms with E-state index in [2.05, 4.69) is 58.3 Å². The number of rotatable bonds is 4. The Morgan fingerprint density at radius 1 is 1.26 bits per heavy atom. The lowest BCUT2D eigenvalue weighted by atomic mass is 10.00. The number of amides is 1. The fourth-order valence-corrected chi connectivity index (χ4v) is 2.72. The summed E-state index contributed by atoms with van der Waals surface area (Å²) in [6.07, 6.45) is 2.47. The number of fused-ring (bicyclic) bond motifs is 1. The second kappa shape index (κ2) is 6.77. The smallest absolute Gasteiger partial charge is 0.270 e. The van der Waals surface area contributed by atoms with Crippen molar-refractivity contribution < 1.29 is 4.79 Å². The van der Waals surface area contributed by atoms with Crippen molar-refractivity contribution in [2.24, 2.45) is 5.92 Å². The Kier molecular flexibility index (Phi) is 4.55. The van der Waals surface area contributed by atoms with Crippen LogP contribution in [0.5, 0.6) is 0 Å². The Labute approximate surface area is 136 Å². The molecule has 1 amide bonds. The van der Waals surface area contributed by atoms with Crippen molar-refractivity contribution in [1.29, 1.82) is 0 Å². The number of hydrogen-bond donors (Lipinski definition) is 1. The molecule has 0 atom stereocenters. The van der Waals surface area contributed by atoms with Gasteiger partial charge in [-0.1, -0.05) is 38.1 Å². The van der Waals surface area contributed by atoms with Gasteiger partial charge in [-0.25, -0.2) is 9.97 Å². The van der Waals surface area contributed by atoms with Crippen LogP contribution in [-0.4, -0.2) is 29.0 Å². The first-order valence-electron chi connectivity index (χ1n) is 8.05. The fraction of sp³-hybridized carbons (Fsp3) is 0.389. The van der Waals surface area contributed by atoms with Crippen molar-refractivity contribution in [1.82, 2.24) is 15.3 Å². The van der Waals surface area contributed by atoms with E-state index in [9.17, 15) is 4.79 Å². The molecule has 0 aliphatic carbocycles. The Balaban J connectivity index is 1.74. The Hall–Kier alpha value is -2.43. The van der Waals surface area contributed by atoms with Gasteiger partial charge in [0.05, 0.1) is 0 Å². The minimum absolute atomic E-state index is 0.139. The zero-order valence-corrected chi connectivity index (χ0v) is 13.6. The number of nitrogens with zero attached hydrogens (tertiary/aromatic N) is 3. The number of benzene rings is 1. The Morgan fingerprint density at radius 2 is 2.04 bits per heavy atom. The minimum Gasteiger partial charge on any atom is -0.352 e. The third-order valence-electron chi connectivity index (χ3n) is 4.01. The first kappa shape index (κ1) is 15.5. The molecule has 1 aliphatic rings. The molecule has 0 saturated heterocycles. The van der Waals surface area contributed by atoms with Gasteiger partial charge in [0.2, 0.25) is 0 Å². The van der Waals surface area contributed by atoms with E-state index in [0.29, 0.717) is 18.2 Å². The van der Waals surface area contributed by atoms with E-state index in [4.69, 9.17) is 0 Å². The van der Waals surface area contributed by atoms with Crippen LogP contribution in [0.3, 0.4) is 0 Å². The molecule has 1 aromatic heterocycles. The zero-order chi connectivity index (χ0) is 16.2. The molecule has 0 bridgehead atoms. The Bertz CT molecular complexity index is 699. The Morgan fingerprint density at radius 3 is 2.83 bits per heavy atom. The number of aromatic nitrogens is 2. The fourth-order valence-electron chi connectivity index (χ4n) is 2.72. The monoisotopic (exact) mass is 310 g/mol. The highest BCUT2D eigenvalue weighted by molar-refractivity contribution is 5.92. The molecule has 1 aromatic carbocycles. The second-order valence-electron chi connectivity index (χ2n) is 6.31. The van der Waals surface area contributed by atoms with E-state index in [1.54, 1.807) is 6.07 Å². The highest BCUT2D eigenvalue weighted by Crippen LogP contribution is 2.22. The van der Waals surface area contributed by atoms with Crippen LogP contribution in [0.1, 0.15) is 35.5 Å². The van der Waals surface area contributed by atoms with Gasteiger partial charge in [-0.05, 0) is 23.5 Å². The summed E-state index contributed by atoms with van der Waals surface area (Å²) in [4.78, 5) is 22.8. The third kappa shape index (κ3) is 3.67. The van der Waals surface area contributed by atoms with Gasteiger partial charge >= 0.3 is 0 Å². The SMILES string of the molecule is CC(C)CNC(=O)c1cc(N2CCc3ccccc3C2)ncn1. The first-order valence-corrected chi connectivity index (χ1v) is 8.05. The number of carbonyl (C=O) groups is 1. The van der Waals surface area contributed by atoms with Crippen molar-refractivity contribution in [3.05, 3.63) is 53.5 Å². The first-order chi connectivity index (χ1) is 11.1. The van der Waals surface area contributed by atoms with Gasteiger partial charge in [-0.3, -0.25) is 4.79 Å². The molecule has 1 N–H and O–H groups in total. The molecule has 0 spiro atoms. The zero-order valence-electron chi connectivity index (χ0n) is 13.6. The van der Waals surface area contributed by atoms with Crippen LogP contribution in [0, 0.1) is 5.92 Å². The molecule has 3 rings (SSSR count). The summed E-state index contributed by atoms with van der Waals surface area (Å²) in [6.45, 7) is 6.50. The molecule has 5 nitrogen and oxygen atoms in total. The maximum atomic E-state index is 12.2. The summed E-state index contributed by atoms with van der Waals surface area (Å²) < 4.78 is 0. The average molecular weight is 310 g/mol. The van der Waals surface area contributed by atoms with Gasteiger partial charge in [0, 0.05) is 25.7 Å². The van der Waals surface area contributed by atoms with Gasteiger partial charge in [0.25, 0.3) is 5.91 Å². The third-order valence-corrected chi connectivity index (χ3v) is 4.01. The maximum Gasteiger partial charge on any atom is 0.270 e. The van der Waals surface area contributed by atoms with E-state index in [0.717, 1.165) is 25.3 Å². The largest absolute Gasteiger partial charge is 0.352 e. The van der Waals surface area contributed by atoms with Crippen LogP contribution in [-0.2, 0) is 13.0 Å². The lowest BCUT2D eigenvalue weighted by molar-refractivity contribution is 0.0944. The summed E-state index contributed by atoms with van der Waals surface area (Å²) in [5.41, 5.74) is 3.14. The van der Waals surface area contributed by atoms with E-state index in [1.807, 2.05) is 0 Å². The van der Waals surface area contributed by atoms with Gasteiger partial charge in [0.1, 0.15) is 17.8 Å². The molecule has 0 fully saturated rings. The maximum absolute atomic E-state index is 12.2. The number of anilines is 1. The van der Waals surface area contributed by atoms with Crippen molar-refractivity contribution in [2.75, 3.05) is 18.0 Å². The van der Waals surface area contributed by atoms with Crippen molar-refractivity contribution in [2.45, 2.75) is 26.8 Å². The molecule has 0 radical (unpaired) electrons. The molecule has 23 heavy (non-hydrogen) atoms. The summed E-state index contributed by atoms with van der Waals surface area (Å²) in [6, 6.07) is 10.3. The van der Waals surface area contributed by atoms with Crippen LogP contribution in [0.15, 0.2) is 36.7 Å². The van der Waals surface area contributed by atoms with Crippen molar-refractivity contribution in [3.63, 3.8) is 0 Å². The normalized spacial score (nSPS) is 13.8. The molecular formula is C18H22N4O. The molecule has 0 saturated carbocycles. The standard InChI is InChI=1S/C18H22N4O/c1-13(2)10-19-18(23)16-9-17(21-12-20-16)22-8-7-14-5-3-4-6-15(14)11-22/h3-6,9,12-13H,7-8,10-11H2,1-2H3,(H,19,23). The lowest BCUT2D eigenvalue weighted by Crippen LogP contribution is -2.32. The molecule has 1 aliphatic heterocycles. The van der Waals surface area contributed by atoms with Gasteiger partial charge in [-0.15, -0.1) is 0 Å². The summed E-state index contributed by atoms with van der Waals surface area (Å²) in [5.74, 6) is 1.09. The van der Waals surface area contributed by atoms with E-state index >= 15 is 0 Å². The van der Waals surface area contributed by atoms with Crippen LogP contribution < -0.4 is 10.2 Å². The van der Waals surface area contributed by atoms with Crippen LogP contribution in [0.2, 0.25) is 0 Å². The average Bonchev–Trinajstić information content (AvgIpc) is 2.59. The predicted octanol–water partition coefficient (Wildman–Crippen LogP) is 2.43. The number of hydrogen-bond acceptors (Lipinski definition) is 4. The lowest BCUT2D eigenvalue weighted by Gasteiger charge is -2.29. The minimum atomic E-state index is -0.139. The molecule has 2 heterocycles. The molecule has 120 valence electrons. The topological polar surface area (TPSA) is 58.1 Å². The van der Waals surface area contributed by atoms with Crippen LogP contribution in [0.4, 0.5) is 5.82 Å². The predicted molar refractivity (Wildman–Crippen MR) is 90.4 cm³/mol. The number of carbonyl (C=O) groups excluding carboxylic acids is 1. The molecule has 5 heteroatoms. The second-order valence-corrected chi connectivity index (χ2v) is 6.31. The highest BCUT2D eigenvalue weighted by atomic mass is 16.1. The van der Waals surface area contributed by atoms with E-state index < -0.39 is 0 Å². The molecule has 2 aromatic rings. The molecular weight excluding hydrogens is 288 g/mol. The molecule has 0 unspecified atom stereocenters.